The lowest BCUT2D eigenvalue weighted by molar-refractivity contribution is 0.430. The molecule has 0 atom stereocenters. The molecular formula is C12H13ClN4O. The van der Waals surface area contributed by atoms with E-state index in [9.17, 15) is 0 Å². The van der Waals surface area contributed by atoms with Gasteiger partial charge in [0.2, 0.25) is 0 Å². The van der Waals surface area contributed by atoms with Gasteiger partial charge in [0.25, 0.3) is 11.8 Å². The van der Waals surface area contributed by atoms with E-state index in [-0.39, 0.29) is 0 Å². The standard InChI is InChI=1S/C12H13ClN4O/c13-10-4-3-8(14)7-9(10)11-15-12(16-18-11)17-5-1-2-6-17/h3-4,7H,1-2,5-6,14H2. The average molecular weight is 265 g/mol. The van der Waals surface area contributed by atoms with E-state index in [1.165, 1.54) is 12.8 Å². The van der Waals surface area contributed by atoms with Gasteiger partial charge in [-0.25, -0.2) is 0 Å². The number of hydrogen-bond acceptors (Lipinski definition) is 5. The highest BCUT2D eigenvalue weighted by atomic mass is 35.5. The molecule has 0 radical (unpaired) electrons. The number of halogens is 1. The van der Waals surface area contributed by atoms with Gasteiger partial charge in [0.1, 0.15) is 0 Å². The van der Waals surface area contributed by atoms with Crippen molar-refractivity contribution in [2.75, 3.05) is 23.7 Å². The predicted octanol–water partition coefficient (Wildman–Crippen LogP) is 2.57. The topological polar surface area (TPSA) is 68.2 Å². The maximum Gasteiger partial charge on any atom is 0.266 e. The number of anilines is 2. The minimum Gasteiger partial charge on any atom is -0.399 e. The number of nitrogen functional groups attached to an aromatic ring is 1. The molecular weight excluding hydrogens is 252 g/mol. The Labute approximate surface area is 110 Å². The third kappa shape index (κ3) is 2.01. The molecule has 1 aromatic heterocycles. The van der Waals surface area contributed by atoms with Crippen LogP contribution in [0.1, 0.15) is 12.8 Å². The fraction of sp³-hybridized carbons (Fsp3) is 0.333. The van der Waals surface area contributed by atoms with Gasteiger partial charge in [0.05, 0.1) is 10.6 Å². The molecule has 2 N–H and O–H groups in total. The van der Waals surface area contributed by atoms with Crippen molar-refractivity contribution >= 4 is 23.2 Å². The van der Waals surface area contributed by atoms with Crippen LogP contribution in [0.2, 0.25) is 5.02 Å². The minimum atomic E-state index is 0.411. The second kappa shape index (κ2) is 4.49. The van der Waals surface area contributed by atoms with Gasteiger partial charge in [-0.1, -0.05) is 11.6 Å². The molecule has 1 fully saturated rings. The average Bonchev–Trinajstić information content (AvgIpc) is 3.00. The number of nitrogens with zero attached hydrogens (tertiary/aromatic N) is 3. The molecule has 0 saturated carbocycles. The lowest BCUT2D eigenvalue weighted by atomic mass is 10.2. The van der Waals surface area contributed by atoms with Crippen LogP contribution in [0.25, 0.3) is 11.5 Å². The Bertz CT molecular complexity index is 563. The Kier molecular flexibility index (Phi) is 2.83. The summed E-state index contributed by atoms with van der Waals surface area (Å²) in [5.41, 5.74) is 7.03. The zero-order valence-electron chi connectivity index (χ0n) is 9.77. The SMILES string of the molecule is Nc1ccc(Cl)c(-c2nc(N3CCCC3)no2)c1. The van der Waals surface area contributed by atoms with Crippen LogP contribution in [0, 0.1) is 0 Å². The quantitative estimate of drug-likeness (QED) is 0.845. The molecule has 18 heavy (non-hydrogen) atoms. The predicted molar refractivity (Wildman–Crippen MR) is 70.6 cm³/mol. The molecule has 5 nitrogen and oxygen atoms in total. The first kappa shape index (κ1) is 11.3. The van der Waals surface area contributed by atoms with E-state index < -0.39 is 0 Å². The van der Waals surface area contributed by atoms with Crippen LogP contribution in [0.5, 0.6) is 0 Å². The second-order valence-electron chi connectivity index (χ2n) is 4.33. The first-order chi connectivity index (χ1) is 8.74. The summed E-state index contributed by atoms with van der Waals surface area (Å²) in [6.07, 6.45) is 2.34. The Morgan fingerprint density at radius 2 is 2.06 bits per heavy atom. The molecule has 0 unspecified atom stereocenters. The molecule has 6 heteroatoms. The maximum absolute atomic E-state index is 6.10. The van der Waals surface area contributed by atoms with Crippen molar-refractivity contribution in [1.29, 1.82) is 0 Å². The summed E-state index contributed by atoms with van der Waals surface area (Å²) in [5, 5.41) is 4.54. The number of hydrogen-bond donors (Lipinski definition) is 1. The maximum atomic E-state index is 6.10. The van der Waals surface area contributed by atoms with Crippen LogP contribution >= 0.6 is 11.6 Å². The highest BCUT2D eigenvalue weighted by Crippen LogP contribution is 2.30. The highest BCUT2D eigenvalue weighted by molar-refractivity contribution is 6.33. The normalized spacial score (nSPS) is 15.3. The zero-order valence-corrected chi connectivity index (χ0v) is 10.5. The number of benzene rings is 1. The molecule has 3 rings (SSSR count). The Morgan fingerprint density at radius 1 is 1.28 bits per heavy atom. The molecule has 1 saturated heterocycles. The fourth-order valence-electron chi connectivity index (χ4n) is 2.08. The van der Waals surface area contributed by atoms with E-state index in [0.29, 0.717) is 28.1 Å². The van der Waals surface area contributed by atoms with Crippen molar-refractivity contribution in [2.24, 2.45) is 0 Å². The van der Waals surface area contributed by atoms with Crippen LogP contribution in [0.15, 0.2) is 22.7 Å². The largest absolute Gasteiger partial charge is 0.399 e. The molecule has 2 heterocycles. The molecule has 0 amide bonds. The van der Waals surface area contributed by atoms with Crippen LogP contribution in [-0.4, -0.2) is 23.2 Å². The van der Waals surface area contributed by atoms with Gasteiger partial charge < -0.3 is 15.2 Å². The third-order valence-electron chi connectivity index (χ3n) is 3.03. The van der Waals surface area contributed by atoms with Crippen molar-refractivity contribution < 1.29 is 4.52 Å². The summed E-state index contributed by atoms with van der Waals surface area (Å²) in [7, 11) is 0. The monoisotopic (exact) mass is 264 g/mol. The molecule has 0 bridgehead atoms. The van der Waals surface area contributed by atoms with E-state index in [4.69, 9.17) is 21.9 Å². The molecule has 94 valence electrons. The van der Waals surface area contributed by atoms with Crippen LogP contribution < -0.4 is 10.6 Å². The van der Waals surface area contributed by atoms with E-state index in [1.54, 1.807) is 18.2 Å². The van der Waals surface area contributed by atoms with Gasteiger partial charge in [0, 0.05) is 18.8 Å². The summed E-state index contributed by atoms with van der Waals surface area (Å²) < 4.78 is 5.26. The van der Waals surface area contributed by atoms with Gasteiger partial charge in [0.15, 0.2) is 0 Å². The van der Waals surface area contributed by atoms with Crippen molar-refractivity contribution in [3.63, 3.8) is 0 Å². The summed E-state index contributed by atoms with van der Waals surface area (Å²) in [6.45, 7) is 1.95. The summed E-state index contributed by atoms with van der Waals surface area (Å²) >= 11 is 6.10. The van der Waals surface area contributed by atoms with Gasteiger partial charge in [-0.3, -0.25) is 0 Å². The van der Waals surface area contributed by atoms with Crippen molar-refractivity contribution in [1.82, 2.24) is 10.1 Å². The van der Waals surface area contributed by atoms with Crippen molar-refractivity contribution in [3.8, 4) is 11.5 Å². The van der Waals surface area contributed by atoms with Crippen molar-refractivity contribution in [2.45, 2.75) is 12.8 Å². The first-order valence-electron chi connectivity index (χ1n) is 5.88. The molecule has 1 aromatic carbocycles. The summed E-state index contributed by atoms with van der Waals surface area (Å²) in [6, 6.07) is 5.21. The molecule has 1 aliphatic rings. The van der Waals surface area contributed by atoms with Crippen LogP contribution in [0.3, 0.4) is 0 Å². The smallest absolute Gasteiger partial charge is 0.266 e. The number of rotatable bonds is 2. The molecule has 0 spiro atoms. The highest BCUT2D eigenvalue weighted by Gasteiger charge is 2.19. The molecule has 0 aliphatic carbocycles. The van der Waals surface area contributed by atoms with Crippen molar-refractivity contribution in [3.05, 3.63) is 23.2 Å². The Balaban J connectivity index is 1.94. The lowest BCUT2D eigenvalue weighted by Crippen LogP contribution is -2.18. The first-order valence-corrected chi connectivity index (χ1v) is 6.26. The summed E-state index contributed by atoms with van der Waals surface area (Å²) in [4.78, 5) is 6.48. The van der Waals surface area contributed by atoms with E-state index in [2.05, 4.69) is 15.0 Å². The van der Waals surface area contributed by atoms with Gasteiger partial charge in [-0.15, -0.1) is 0 Å². The van der Waals surface area contributed by atoms with Gasteiger partial charge in [-0.2, -0.15) is 4.98 Å². The summed E-state index contributed by atoms with van der Waals surface area (Å²) in [5.74, 6) is 1.04. The van der Waals surface area contributed by atoms with Crippen LogP contribution in [-0.2, 0) is 0 Å². The van der Waals surface area contributed by atoms with E-state index in [1.807, 2.05) is 0 Å². The van der Waals surface area contributed by atoms with Gasteiger partial charge >= 0.3 is 0 Å². The molecule has 1 aliphatic heterocycles. The Hall–Kier alpha value is -1.75. The lowest BCUT2D eigenvalue weighted by Gasteiger charge is -2.09. The van der Waals surface area contributed by atoms with E-state index >= 15 is 0 Å². The number of aromatic nitrogens is 2. The van der Waals surface area contributed by atoms with Crippen LogP contribution in [0.4, 0.5) is 11.6 Å². The zero-order chi connectivity index (χ0) is 12.5. The third-order valence-corrected chi connectivity index (χ3v) is 3.35. The molecule has 2 aromatic rings. The van der Waals surface area contributed by atoms with Gasteiger partial charge in [-0.05, 0) is 36.2 Å². The fourth-order valence-corrected chi connectivity index (χ4v) is 2.28. The Morgan fingerprint density at radius 3 is 2.83 bits per heavy atom. The number of nitrogens with two attached hydrogens (primary N) is 1. The second-order valence-corrected chi connectivity index (χ2v) is 4.74. The van der Waals surface area contributed by atoms with E-state index in [0.717, 1.165) is 13.1 Å². The minimum absolute atomic E-state index is 0.411.